The van der Waals surface area contributed by atoms with E-state index in [0.29, 0.717) is 18.4 Å². The van der Waals surface area contributed by atoms with Gasteiger partial charge in [-0.3, -0.25) is 0 Å². The number of carboxylic acids is 1. The molecule has 2 N–H and O–H groups in total. The summed E-state index contributed by atoms with van der Waals surface area (Å²) in [7, 11) is -3.45. The Bertz CT molecular complexity index is 655. The first-order chi connectivity index (χ1) is 10.5. The molecule has 1 aliphatic carbocycles. The maximum Gasteiger partial charge on any atom is 0.335 e. The van der Waals surface area contributed by atoms with E-state index < -0.39 is 16.0 Å². The van der Waals surface area contributed by atoms with Crippen molar-refractivity contribution in [3.63, 3.8) is 0 Å². The molecule has 1 fully saturated rings. The van der Waals surface area contributed by atoms with Gasteiger partial charge in [0.2, 0.25) is 10.0 Å². The highest BCUT2D eigenvalue weighted by Gasteiger charge is 2.35. The molecule has 0 unspecified atom stereocenters. The molecule has 23 heavy (non-hydrogen) atoms. The zero-order chi connectivity index (χ0) is 17.3. The van der Waals surface area contributed by atoms with Gasteiger partial charge in [-0.2, -0.15) is 0 Å². The highest BCUT2D eigenvalue weighted by molar-refractivity contribution is 7.88. The summed E-state index contributed by atoms with van der Waals surface area (Å²) in [6.45, 7) is 5.93. The number of aromatic carboxylic acids is 1. The first-order valence-electron chi connectivity index (χ1n) is 7.54. The molecule has 1 aromatic rings. The molecule has 2 rings (SSSR count). The molecule has 0 amide bonds. The van der Waals surface area contributed by atoms with Crippen molar-refractivity contribution >= 4 is 16.0 Å². The number of sulfonamides is 1. The number of benzene rings is 1. The lowest BCUT2D eigenvalue weighted by Gasteiger charge is -2.39. The van der Waals surface area contributed by atoms with E-state index in [1.807, 2.05) is 20.8 Å². The Kier molecular flexibility index (Phi) is 5.13. The summed E-state index contributed by atoms with van der Waals surface area (Å²) in [6, 6.07) is 5.77. The fraction of sp³-hybridized carbons (Fsp3) is 0.562. The van der Waals surface area contributed by atoms with Crippen molar-refractivity contribution in [2.75, 3.05) is 0 Å². The van der Waals surface area contributed by atoms with E-state index in [1.165, 1.54) is 24.3 Å². The van der Waals surface area contributed by atoms with E-state index in [4.69, 9.17) is 9.84 Å². The van der Waals surface area contributed by atoms with Gasteiger partial charge < -0.3 is 9.84 Å². The van der Waals surface area contributed by atoms with Crippen LogP contribution in [0.4, 0.5) is 0 Å². The van der Waals surface area contributed by atoms with Crippen LogP contribution in [-0.4, -0.2) is 37.2 Å². The van der Waals surface area contributed by atoms with E-state index in [2.05, 4.69) is 4.72 Å². The van der Waals surface area contributed by atoms with E-state index in [-0.39, 0.29) is 29.1 Å². The summed E-state index contributed by atoms with van der Waals surface area (Å²) >= 11 is 0. The molecule has 0 atom stereocenters. The van der Waals surface area contributed by atoms with Crippen molar-refractivity contribution < 1.29 is 23.1 Å². The number of carboxylic acid groups (broad SMARTS) is 1. The van der Waals surface area contributed by atoms with Crippen LogP contribution in [-0.2, 0) is 20.5 Å². The molecule has 1 aliphatic rings. The third kappa shape index (κ3) is 5.60. The molecule has 6 nitrogen and oxygen atoms in total. The molecule has 0 radical (unpaired) electrons. The first kappa shape index (κ1) is 17.9. The molecule has 0 spiro atoms. The molecule has 1 aromatic carbocycles. The lowest BCUT2D eigenvalue weighted by molar-refractivity contribution is -0.0995. The minimum Gasteiger partial charge on any atom is -0.478 e. The summed E-state index contributed by atoms with van der Waals surface area (Å²) in [5, 5.41) is 8.83. The number of hydrogen-bond donors (Lipinski definition) is 2. The quantitative estimate of drug-likeness (QED) is 0.827. The van der Waals surface area contributed by atoms with Crippen molar-refractivity contribution in [3.8, 4) is 0 Å². The Morgan fingerprint density at radius 2 is 1.83 bits per heavy atom. The van der Waals surface area contributed by atoms with Gasteiger partial charge in [0, 0.05) is 6.04 Å². The van der Waals surface area contributed by atoms with Crippen molar-refractivity contribution in [1.29, 1.82) is 0 Å². The average Bonchev–Trinajstić information content (AvgIpc) is 2.34. The average molecular weight is 341 g/mol. The minimum absolute atomic E-state index is 0.0920. The Morgan fingerprint density at radius 1 is 1.26 bits per heavy atom. The SMILES string of the molecule is CC(C)(C)OC1CC(NS(=O)(=O)Cc2ccc(C(=O)O)cc2)C1. The molecule has 0 saturated heterocycles. The van der Waals surface area contributed by atoms with Crippen molar-refractivity contribution in [2.45, 2.75) is 57.1 Å². The van der Waals surface area contributed by atoms with Crippen molar-refractivity contribution in [1.82, 2.24) is 4.72 Å². The lowest BCUT2D eigenvalue weighted by atomic mass is 9.89. The van der Waals surface area contributed by atoms with Crippen LogP contribution < -0.4 is 4.72 Å². The van der Waals surface area contributed by atoms with Crippen LogP contribution in [0.2, 0.25) is 0 Å². The fourth-order valence-corrected chi connectivity index (χ4v) is 3.93. The molecule has 0 aliphatic heterocycles. The van der Waals surface area contributed by atoms with Gasteiger partial charge in [-0.1, -0.05) is 12.1 Å². The normalized spacial score (nSPS) is 21.7. The molecule has 0 aromatic heterocycles. The molecule has 0 heterocycles. The summed E-state index contributed by atoms with van der Waals surface area (Å²) in [5.74, 6) is -1.19. The van der Waals surface area contributed by atoms with Gasteiger partial charge in [-0.05, 0) is 51.3 Å². The number of rotatable bonds is 6. The highest BCUT2D eigenvalue weighted by atomic mass is 32.2. The zero-order valence-electron chi connectivity index (χ0n) is 13.6. The summed E-state index contributed by atoms with van der Waals surface area (Å²) in [4.78, 5) is 10.8. The summed E-state index contributed by atoms with van der Waals surface area (Å²) < 4.78 is 32.7. The predicted molar refractivity (Wildman–Crippen MR) is 86.8 cm³/mol. The molecular weight excluding hydrogens is 318 g/mol. The monoisotopic (exact) mass is 341 g/mol. The lowest BCUT2D eigenvalue weighted by Crippen LogP contribution is -2.49. The van der Waals surface area contributed by atoms with Gasteiger partial charge in [-0.15, -0.1) is 0 Å². The number of nitrogens with one attached hydrogen (secondary N) is 1. The molecule has 1 saturated carbocycles. The number of carbonyl (C=O) groups is 1. The predicted octanol–water partition coefficient (Wildman–Crippen LogP) is 2.15. The smallest absolute Gasteiger partial charge is 0.335 e. The Labute approximate surface area is 136 Å². The second-order valence-electron chi connectivity index (χ2n) is 6.90. The van der Waals surface area contributed by atoms with Gasteiger partial charge >= 0.3 is 5.97 Å². The first-order valence-corrected chi connectivity index (χ1v) is 9.19. The largest absolute Gasteiger partial charge is 0.478 e. The van der Waals surface area contributed by atoms with Gasteiger partial charge in [0.15, 0.2) is 0 Å². The van der Waals surface area contributed by atoms with Gasteiger partial charge in [0.05, 0.1) is 23.0 Å². The van der Waals surface area contributed by atoms with Crippen LogP contribution in [0, 0.1) is 0 Å². The number of hydrogen-bond acceptors (Lipinski definition) is 4. The molecule has 7 heteroatoms. The van der Waals surface area contributed by atoms with E-state index in [9.17, 15) is 13.2 Å². The van der Waals surface area contributed by atoms with Gasteiger partial charge in [-0.25, -0.2) is 17.9 Å². The molecular formula is C16H23NO5S. The van der Waals surface area contributed by atoms with Crippen LogP contribution in [0.15, 0.2) is 24.3 Å². The minimum atomic E-state index is -3.45. The van der Waals surface area contributed by atoms with E-state index >= 15 is 0 Å². The molecule has 0 bridgehead atoms. The summed E-state index contributed by atoms with van der Waals surface area (Å²) in [6.07, 6.45) is 1.45. The van der Waals surface area contributed by atoms with Crippen LogP contribution >= 0.6 is 0 Å². The zero-order valence-corrected chi connectivity index (χ0v) is 14.4. The van der Waals surface area contributed by atoms with Gasteiger partial charge in [0.1, 0.15) is 0 Å². The maximum absolute atomic E-state index is 12.1. The Hall–Kier alpha value is -1.44. The topological polar surface area (TPSA) is 92.7 Å². The molecule has 128 valence electrons. The second-order valence-corrected chi connectivity index (χ2v) is 8.65. The van der Waals surface area contributed by atoms with E-state index in [0.717, 1.165) is 0 Å². The standard InChI is InChI=1S/C16H23NO5S/c1-16(2,3)22-14-8-13(9-14)17-23(20,21)10-11-4-6-12(7-5-11)15(18)19/h4-7,13-14,17H,8-10H2,1-3H3,(H,18,19). The van der Waals surface area contributed by atoms with Crippen molar-refractivity contribution in [2.24, 2.45) is 0 Å². The van der Waals surface area contributed by atoms with Crippen LogP contribution in [0.1, 0.15) is 49.5 Å². The third-order valence-electron chi connectivity index (χ3n) is 3.52. The number of ether oxygens (including phenoxy) is 1. The van der Waals surface area contributed by atoms with Crippen molar-refractivity contribution in [3.05, 3.63) is 35.4 Å². The fourth-order valence-electron chi connectivity index (χ4n) is 2.52. The van der Waals surface area contributed by atoms with Crippen LogP contribution in [0.5, 0.6) is 0 Å². The summed E-state index contributed by atoms with van der Waals surface area (Å²) in [5.41, 5.74) is 0.477. The Morgan fingerprint density at radius 3 is 2.30 bits per heavy atom. The van der Waals surface area contributed by atoms with Gasteiger partial charge in [0.25, 0.3) is 0 Å². The van der Waals surface area contributed by atoms with Crippen LogP contribution in [0.3, 0.4) is 0 Å². The van der Waals surface area contributed by atoms with E-state index in [1.54, 1.807) is 0 Å². The Balaban J connectivity index is 1.85. The highest BCUT2D eigenvalue weighted by Crippen LogP contribution is 2.28. The maximum atomic E-state index is 12.1. The van der Waals surface area contributed by atoms with Crippen LogP contribution in [0.25, 0.3) is 0 Å². The third-order valence-corrected chi connectivity index (χ3v) is 4.92. The second kappa shape index (κ2) is 6.59.